The molecule has 0 spiro atoms. The van der Waals surface area contributed by atoms with Crippen molar-refractivity contribution in [3.8, 4) is 28.3 Å². The van der Waals surface area contributed by atoms with Crippen molar-refractivity contribution >= 4 is 11.9 Å². The average Bonchev–Trinajstić information content (AvgIpc) is 3.34. The van der Waals surface area contributed by atoms with Crippen LogP contribution in [0.3, 0.4) is 0 Å². The van der Waals surface area contributed by atoms with Crippen LogP contribution in [0.4, 0.5) is 4.39 Å². The smallest absolute Gasteiger partial charge is 0.337 e. The number of carboxylic acid groups (broad SMARTS) is 2. The Labute approximate surface area is 232 Å². The molecule has 7 nitrogen and oxygen atoms in total. The lowest BCUT2D eigenvalue weighted by Crippen LogP contribution is -2.43. The predicted octanol–water partition coefficient (Wildman–Crippen LogP) is 6.55. The third kappa shape index (κ3) is 6.24. The van der Waals surface area contributed by atoms with Crippen molar-refractivity contribution in [1.29, 1.82) is 0 Å². The zero-order chi connectivity index (χ0) is 28.7. The topological polar surface area (TPSA) is 98.0 Å². The van der Waals surface area contributed by atoms with Crippen LogP contribution in [-0.4, -0.2) is 45.5 Å². The minimum absolute atomic E-state index is 0.141. The minimum atomic E-state index is -1.28. The van der Waals surface area contributed by atoms with E-state index in [0.717, 1.165) is 11.1 Å². The van der Waals surface area contributed by atoms with Gasteiger partial charge in [-0.25, -0.2) is 14.0 Å². The molecule has 1 atom stereocenters. The first kappa shape index (κ1) is 28.6. The molecule has 0 bridgehead atoms. The third-order valence-electron chi connectivity index (χ3n) is 6.89. The van der Waals surface area contributed by atoms with Crippen molar-refractivity contribution in [1.82, 2.24) is 4.57 Å². The number of aromatic nitrogens is 1. The van der Waals surface area contributed by atoms with Gasteiger partial charge in [0, 0.05) is 18.7 Å². The van der Waals surface area contributed by atoms with E-state index in [-0.39, 0.29) is 24.4 Å². The third-order valence-corrected chi connectivity index (χ3v) is 6.89. The van der Waals surface area contributed by atoms with Crippen molar-refractivity contribution in [3.05, 3.63) is 102 Å². The summed E-state index contributed by atoms with van der Waals surface area (Å²) < 4.78 is 27.1. The number of aromatic carboxylic acids is 1. The Morgan fingerprint density at radius 1 is 0.900 bits per heavy atom. The molecule has 0 saturated heterocycles. The van der Waals surface area contributed by atoms with Crippen molar-refractivity contribution in [3.63, 3.8) is 0 Å². The molecule has 1 unspecified atom stereocenters. The molecule has 0 saturated carbocycles. The fourth-order valence-electron chi connectivity index (χ4n) is 4.84. The Morgan fingerprint density at radius 2 is 1.57 bits per heavy atom. The average molecular weight is 546 g/mol. The van der Waals surface area contributed by atoms with Crippen LogP contribution in [0, 0.1) is 5.82 Å². The molecule has 0 radical (unpaired) electrons. The second kappa shape index (κ2) is 12.6. The van der Waals surface area contributed by atoms with Gasteiger partial charge < -0.3 is 24.3 Å². The van der Waals surface area contributed by atoms with Crippen LogP contribution in [0.2, 0.25) is 0 Å². The second-order valence-electron chi connectivity index (χ2n) is 9.38. The number of hydrogen-bond acceptors (Lipinski definition) is 4. The summed E-state index contributed by atoms with van der Waals surface area (Å²) >= 11 is 0. The lowest BCUT2D eigenvalue weighted by atomic mass is 9.91. The number of carboxylic acids is 2. The number of benzene rings is 3. The van der Waals surface area contributed by atoms with Crippen LogP contribution in [-0.2, 0) is 22.5 Å². The Morgan fingerprint density at radius 3 is 2.15 bits per heavy atom. The largest absolute Gasteiger partial charge is 0.492 e. The Balaban J connectivity index is 1.58. The molecule has 8 heteroatoms. The van der Waals surface area contributed by atoms with Crippen LogP contribution in [0.15, 0.2) is 84.9 Å². The zero-order valence-electron chi connectivity index (χ0n) is 22.5. The second-order valence-corrected chi connectivity index (χ2v) is 9.38. The summed E-state index contributed by atoms with van der Waals surface area (Å²) in [6, 6.07) is 24.0. The summed E-state index contributed by atoms with van der Waals surface area (Å²) in [7, 11) is 0. The standard InChI is InChI=1S/C32H32FNO6/c1-3-32(31(37)38,40-4-2)21-22-10-16-26(17-11-22)39-19-18-34-28(23-12-14-25(33)15-13-23)20-27(30(35)36)29(34)24-8-6-5-7-9-24/h5-17,20H,3-4,18-19,21H2,1-2H3,(H,35,36)(H,37,38). The molecule has 2 N–H and O–H groups in total. The molecule has 0 aliphatic rings. The first-order valence-corrected chi connectivity index (χ1v) is 13.1. The molecule has 3 aromatic carbocycles. The Hall–Kier alpha value is -4.43. The lowest BCUT2D eigenvalue weighted by Gasteiger charge is -2.28. The molecule has 208 valence electrons. The summed E-state index contributed by atoms with van der Waals surface area (Å²) in [5.41, 5.74) is 2.27. The highest BCUT2D eigenvalue weighted by atomic mass is 19.1. The van der Waals surface area contributed by atoms with Gasteiger partial charge in [0.1, 0.15) is 18.2 Å². The quantitative estimate of drug-likeness (QED) is 0.198. The molecule has 0 fully saturated rings. The maximum atomic E-state index is 13.6. The Kier molecular flexibility index (Phi) is 9.01. The van der Waals surface area contributed by atoms with Crippen LogP contribution in [0.5, 0.6) is 5.75 Å². The van der Waals surface area contributed by atoms with Gasteiger partial charge in [0.05, 0.1) is 17.8 Å². The van der Waals surface area contributed by atoms with Crippen molar-refractivity contribution in [2.24, 2.45) is 0 Å². The number of nitrogens with zero attached hydrogens (tertiary/aromatic N) is 1. The first-order chi connectivity index (χ1) is 19.3. The minimum Gasteiger partial charge on any atom is -0.492 e. The molecule has 0 aliphatic carbocycles. The van der Waals surface area contributed by atoms with Crippen LogP contribution in [0.1, 0.15) is 36.2 Å². The maximum Gasteiger partial charge on any atom is 0.337 e. The molecule has 0 aliphatic heterocycles. The van der Waals surface area contributed by atoms with Gasteiger partial charge in [0.15, 0.2) is 5.60 Å². The molecular formula is C32H32FNO6. The summed E-state index contributed by atoms with van der Waals surface area (Å²) in [5, 5.41) is 19.7. The summed E-state index contributed by atoms with van der Waals surface area (Å²) in [4.78, 5) is 24.1. The van der Waals surface area contributed by atoms with Crippen LogP contribution < -0.4 is 4.74 Å². The van der Waals surface area contributed by atoms with Crippen LogP contribution in [0.25, 0.3) is 22.5 Å². The highest BCUT2D eigenvalue weighted by molar-refractivity contribution is 5.97. The van der Waals surface area contributed by atoms with E-state index < -0.39 is 17.5 Å². The fourth-order valence-corrected chi connectivity index (χ4v) is 4.84. The molecule has 1 heterocycles. The molecule has 4 rings (SSSR count). The van der Waals surface area contributed by atoms with Crippen molar-refractivity contribution < 1.29 is 33.7 Å². The fraction of sp³-hybridized carbons (Fsp3) is 0.250. The van der Waals surface area contributed by atoms with E-state index in [1.54, 1.807) is 44.2 Å². The summed E-state index contributed by atoms with van der Waals surface area (Å²) in [6.07, 6.45) is 0.569. The predicted molar refractivity (Wildman–Crippen MR) is 150 cm³/mol. The molecule has 4 aromatic rings. The number of ether oxygens (including phenoxy) is 2. The van der Waals surface area contributed by atoms with E-state index in [4.69, 9.17) is 9.47 Å². The highest BCUT2D eigenvalue weighted by Gasteiger charge is 2.37. The molecule has 40 heavy (non-hydrogen) atoms. The first-order valence-electron chi connectivity index (χ1n) is 13.1. The van der Waals surface area contributed by atoms with E-state index in [0.29, 0.717) is 42.3 Å². The van der Waals surface area contributed by atoms with Gasteiger partial charge in [-0.2, -0.15) is 0 Å². The van der Waals surface area contributed by atoms with Crippen molar-refractivity contribution in [2.75, 3.05) is 13.2 Å². The highest BCUT2D eigenvalue weighted by Crippen LogP contribution is 2.33. The Bertz CT molecular complexity index is 1450. The van der Waals surface area contributed by atoms with E-state index in [1.165, 1.54) is 12.1 Å². The van der Waals surface area contributed by atoms with E-state index in [9.17, 15) is 24.2 Å². The maximum absolute atomic E-state index is 13.6. The zero-order valence-corrected chi connectivity index (χ0v) is 22.5. The molecule has 1 aromatic heterocycles. The number of carbonyl (C=O) groups is 2. The van der Waals surface area contributed by atoms with Gasteiger partial charge in [0.25, 0.3) is 0 Å². The van der Waals surface area contributed by atoms with Crippen molar-refractivity contribution in [2.45, 2.75) is 38.8 Å². The monoisotopic (exact) mass is 545 g/mol. The van der Waals surface area contributed by atoms with Gasteiger partial charge in [-0.3, -0.25) is 0 Å². The van der Waals surface area contributed by atoms with Gasteiger partial charge in [0.2, 0.25) is 0 Å². The molecule has 0 amide bonds. The van der Waals surface area contributed by atoms with Gasteiger partial charge >= 0.3 is 11.9 Å². The molecular weight excluding hydrogens is 513 g/mol. The SMILES string of the molecule is CCOC(CC)(Cc1ccc(OCCn2c(-c3ccc(F)cc3)cc(C(=O)O)c2-c2ccccc2)cc1)C(=O)O. The number of rotatable bonds is 13. The number of aliphatic carboxylic acids is 1. The van der Waals surface area contributed by atoms with Gasteiger partial charge in [-0.05, 0) is 72.5 Å². The summed E-state index contributed by atoms with van der Waals surface area (Å²) in [6.45, 7) is 4.43. The van der Waals surface area contributed by atoms with Crippen LogP contribution >= 0.6 is 0 Å². The van der Waals surface area contributed by atoms with Gasteiger partial charge in [-0.15, -0.1) is 0 Å². The normalized spacial score (nSPS) is 12.6. The number of halogens is 1. The number of hydrogen-bond donors (Lipinski definition) is 2. The van der Waals surface area contributed by atoms with Gasteiger partial charge in [-0.1, -0.05) is 49.4 Å². The lowest BCUT2D eigenvalue weighted by molar-refractivity contribution is -0.166. The van der Waals surface area contributed by atoms with E-state index >= 15 is 0 Å². The van der Waals surface area contributed by atoms with E-state index in [1.807, 2.05) is 47.0 Å². The van der Waals surface area contributed by atoms with E-state index in [2.05, 4.69) is 0 Å². The summed E-state index contributed by atoms with van der Waals surface area (Å²) in [5.74, 6) is -1.84.